The normalized spacial score (nSPS) is 20.5. The van der Waals surface area contributed by atoms with Crippen molar-refractivity contribution in [2.45, 2.75) is 31.0 Å². The lowest BCUT2D eigenvalue weighted by Gasteiger charge is -2.34. The first-order valence-electron chi connectivity index (χ1n) is 9.57. The zero-order chi connectivity index (χ0) is 22.6. The Labute approximate surface area is 177 Å². The van der Waals surface area contributed by atoms with Crippen molar-refractivity contribution in [2.24, 2.45) is 0 Å². The van der Waals surface area contributed by atoms with Crippen molar-refractivity contribution in [1.29, 1.82) is 0 Å². The number of nitro benzene ring substituents is 1. The smallest absolute Gasteiger partial charge is 0.453 e. The summed E-state index contributed by atoms with van der Waals surface area (Å²) in [5, 5.41) is 18.0. The first kappa shape index (κ1) is 20.0. The number of alkyl halides is 3. The Kier molecular flexibility index (Phi) is 4.39. The van der Waals surface area contributed by atoms with Crippen molar-refractivity contribution < 1.29 is 27.3 Å². The molecule has 5 rings (SSSR count). The molecule has 2 atom stereocenters. The van der Waals surface area contributed by atoms with Crippen molar-refractivity contribution in [2.75, 3.05) is 5.32 Å². The highest BCUT2D eigenvalue weighted by molar-refractivity contribution is 6.00. The number of para-hydroxylation sites is 1. The molecule has 2 aromatic heterocycles. The molecule has 0 spiro atoms. The molecule has 0 radical (unpaired) electrons. The topological polar surface area (TPSA) is 116 Å². The van der Waals surface area contributed by atoms with Crippen LogP contribution in [-0.2, 0) is 11.0 Å². The van der Waals surface area contributed by atoms with Gasteiger partial charge in [-0.25, -0.2) is 4.68 Å². The fraction of sp³-hybridized carbons (Fsp3) is 0.250. The quantitative estimate of drug-likeness (QED) is 0.474. The van der Waals surface area contributed by atoms with E-state index in [0.717, 1.165) is 4.68 Å². The second-order valence-electron chi connectivity index (χ2n) is 7.48. The first-order chi connectivity index (χ1) is 15.2. The molecule has 3 aromatic rings. The number of nitro groups is 1. The molecule has 2 aliphatic rings. The van der Waals surface area contributed by atoms with Gasteiger partial charge in [0.2, 0.25) is 5.95 Å². The second-order valence-corrected chi connectivity index (χ2v) is 7.48. The lowest BCUT2D eigenvalue weighted by molar-refractivity contribution is -0.385. The number of carbonyl (C=O) groups excluding carboxylic acids is 1. The third-order valence-electron chi connectivity index (χ3n) is 5.55. The predicted octanol–water partition coefficient (Wildman–Crippen LogP) is 4.21. The summed E-state index contributed by atoms with van der Waals surface area (Å²) >= 11 is 0. The van der Waals surface area contributed by atoms with Crippen LogP contribution in [0, 0.1) is 10.1 Å². The molecule has 0 bridgehead atoms. The van der Waals surface area contributed by atoms with Crippen LogP contribution in [0.3, 0.4) is 0 Å². The number of carbonyl (C=O) groups is 1. The number of fused-ring (bicyclic) bond motifs is 1. The average Bonchev–Trinajstić information content (AvgIpc) is 3.41. The van der Waals surface area contributed by atoms with Gasteiger partial charge in [0, 0.05) is 29.7 Å². The van der Waals surface area contributed by atoms with E-state index in [1.807, 2.05) is 0 Å². The number of hydrogen-bond donors (Lipinski definition) is 1. The van der Waals surface area contributed by atoms with Crippen LogP contribution in [0.1, 0.15) is 41.9 Å². The number of furan rings is 1. The number of halogens is 3. The van der Waals surface area contributed by atoms with E-state index in [-0.39, 0.29) is 47.3 Å². The molecule has 0 amide bonds. The summed E-state index contributed by atoms with van der Waals surface area (Å²) in [6.07, 6.45) is -3.05. The minimum absolute atomic E-state index is 0.0430. The van der Waals surface area contributed by atoms with Crippen molar-refractivity contribution >= 4 is 17.4 Å². The average molecular weight is 445 g/mol. The van der Waals surface area contributed by atoms with E-state index in [9.17, 15) is 28.1 Å². The first-order valence-corrected chi connectivity index (χ1v) is 9.57. The number of rotatable bonds is 3. The number of ketones is 1. The SMILES string of the molecule is O=C1C[C@H](c2ccco2)CC2=C1[C@H](c1ccccc1[N+](=O)[O-])n1nc(C(F)(F)F)nc1N2. The standard InChI is InChI=1S/C20H14F3N5O4/c21-20(22,23)18-25-19-24-12-8-10(15-6-3-7-32-15)9-14(29)16(12)17(27(19)26-18)11-4-1-2-5-13(11)28(30)31/h1-7,10,17H,8-9H2,(H,24,25,26)/t10-,17+/m1/s1. The Balaban J connectivity index is 1.70. The second kappa shape index (κ2) is 7.04. The third kappa shape index (κ3) is 3.15. The van der Waals surface area contributed by atoms with Gasteiger partial charge in [0.1, 0.15) is 11.8 Å². The number of aromatic nitrogens is 3. The molecule has 3 heterocycles. The maximum atomic E-state index is 13.3. The number of anilines is 1. The van der Waals surface area contributed by atoms with Crippen molar-refractivity contribution in [1.82, 2.24) is 14.8 Å². The highest BCUT2D eigenvalue weighted by Crippen LogP contribution is 2.46. The van der Waals surface area contributed by atoms with E-state index in [2.05, 4.69) is 15.4 Å². The van der Waals surface area contributed by atoms with E-state index in [1.54, 1.807) is 12.1 Å². The van der Waals surface area contributed by atoms with Gasteiger partial charge in [0.05, 0.1) is 16.7 Å². The molecule has 0 fully saturated rings. The third-order valence-corrected chi connectivity index (χ3v) is 5.55. The van der Waals surface area contributed by atoms with Crippen molar-refractivity contribution in [3.8, 4) is 0 Å². The van der Waals surface area contributed by atoms with Gasteiger partial charge in [-0.3, -0.25) is 14.9 Å². The van der Waals surface area contributed by atoms with Crippen LogP contribution in [0.2, 0.25) is 0 Å². The van der Waals surface area contributed by atoms with Crippen LogP contribution in [0.4, 0.5) is 24.8 Å². The van der Waals surface area contributed by atoms with Gasteiger partial charge in [-0.2, -0.15) is 18.2 Å². The van der Waals surface area contributed by atoms with E-state index in [0.29, 0.717) is 11.5 Å². The van der Waals surface area contributed by atoms with Gasteiger partial charge in [0.15, 0.2) is 5.78 Å². The maximum absolute atomic E-state index is 13.3. The van der Waals surface area contributed by atoms with Crippen LogP contribution in [0.25, 0.3) is 0 Å². The number of nitrogens with one attached hydrogen (secondary N) is 1. The number of benzene rings is 1. The number of hydrogen-bond acceptors (Lipinski definition) is 7. The molecule has 1 aliphatic heterocycles. The molecule has 0 unspecified atom stereocenters. The van der Waals surface area contributed by atoms with Crippen LogP contribution >= 0.6 is 0 Å². The van der Waals surface area contributed by atoms with Crippen LogP contribution < -0.4 is 5.32 Å². The van der Waals surface area contributed by atoms with Crippen molar-refractivity contribution in [3.05, 3.63) is 81.2 Å². The summed E-state index contributed by atoms with van der Waals surface area (Å²) in [5.41, 5.74) is 0.200. The Morgan fingerprint density at radius 2 is 1.97 bits per heavy atom. The Hall–Kier alpha value is -3.96. The zero-order valence-corrected chi connectivity index (χ0v) is 16.2. The van der Waals surface area contributed by atoms with Gasteiger partial charge in [-0.05, 0) is 24.6 Å². The minimum atomic E-state index is -4.83. The number of Topliss-reactive ketones (excluding diaryl/α,β-unsaturated/α-hetero) is 1. The predicted molar refractivity (Wildman–Crippen MR) is 103 cm³/mol. The molecule has 1 aliphatic carbocycles. The molecular formula is C20H14F3N5O4. The Morgan fingerprint density at radius 1 is 1.19 bits per heavy atom. The minimum Gasteiger partial charge on any atom is -0.469 e. The number of allylic oxidation sites excluding steroid dienone is 2. The lowest BCUT2D eigenvalue weighted by Crippen LogP contribution is -2.33. The summed E-state index contributed by atoms with van der Waals surface area (Å²) in [7, 11) is 0. The summed E-state index contributed by atoms with van der Waals surface area (Å²) in [6.45, 7) is 0. The number of nitrogens with zero attached hydrogens (tertiary/aromatic N) is 4. The molecular weight excluding hydrogens is 431 g/mol. The molecule has 32 heavy (non-hydrogen) atoms. The zero-order valence-electron chi connectivity index (χ0n) is 16.2. The highest BCUT2D eigenvalue weighted by atomic mass is 19.4. The van der Waals surface area contributed by atoms with Gasteiger partial charge in [-0.15, -0.1) is 5.10 Å². The van der Waals surface area contributed by atoms with Crippen LogP contribution in [0.5, 0.6) is 0 Å². The fourth-order valence-corrected chi connectivity index (χ4v) is 4.23. The van der Waals surface area contributed by atoms with Gasteiger partial charge < -0.3 is 9.73 Å². The van der Waals surface area contributed by atoms with E-state index in [4.69, 9.17) is 4.42 Å². The summed E-state index contributed by atoms with van der Waals surface area (Å²) in [6, 6.07) is 7.77. The van der Waals surface area contributed by atoms with Crippen molar-refractivity contribution in [3.63, 3.8) is 0 Å². The maximum Gasteiger partial charge on any atom is 0.453 e. The summed E-state index contributed by atoms with van der Waals surface area (Å²) in [4.78, 5) is 27.8. The van der Waals surface area contributed by atoms with Crippen LogP contribution in [0.15, 0.2) is 58.3 Å². The van der Waals surface area contributed by atoms with E-state index < -0.39 is 23.0 Å². The molecule has 1 N–H and O–H groups in total. The van der Waals surface area contributed by atoms with Gasteiger partial charge in [0.25, 0.3) is 11.5 Å². The molecule has 0 saturated heterocycles. The van der Waals surface area contributed by atoms with E-state index >= 15 is 0 Å². The van der Waals surface area contributed by atoms with E-state index in [1.165, 1.54) is 30.5 Å². The summed E-state index contributed by atoms with van der Waals surface area (Å²) in [5.74, 6) is -1.77. The highest BCUT2D eigenvalue weighted by Gasteiger charge is 2.45. The monoisotopic (exact) mass is 445 g/mol. The molecule has 0 saturated carbocycles. The molecule has 9 nitrogen and oxygen atoms in total. The largest absolute Gasteiger partial charge is 0.469 e. The molecule has 1 aromatic carbocycles. The Morgan fingerprint density at radius 3 is 2.66 bits per heavy atom. The van der Waals surface area contributed by atoms with Crippen LogP contribution in [-0.4, -0.2) is 25.5 Å². The fourth-order valence-electron chi connectivity index (χ4n) is 4.23. The lowest BCUT2D eigenvalue weighted by atomic mass is 9.79. The Bertz CT molecular complexity index is 1260. The van der Waals surface area contributed by atoms with Gasteiger partial charge in [-0.1, -0.05) is 12.1 Å². The van der Waals surface area contributed by atoms with Gasteiger partial charge >= 0.3 is 6.18 Å². The molecule has 12 heteroatoms. The summed E-state index contributed by atoms with van der Waals surface area (Å²) < 4.78 is 46.3. The molecule has 164 valence electrons.